The average Bonchev–Trinajstić information content (AvgIpc) is 2.67. The number of rotatable bonds is 6. The molecule has 2 atom stereocenters. The Morgan fingerprint density at radius 1 is 1.00 bits per heavy atom. The van der Waals surface area contributed by atoms with E-state index in [4.69, 9.17) is 0 Å². The van der Waals surface area contributed by atoms with Crippen molar-refractivity contribution in [1.29, 1.82) is 0 Å². The summed E-state index contributed by atoms with van der Waals surface area (Å²) in [5.74, 6) is 2.19. The summed E-state index contributed by atoms with van der Waals surface area (Å²) in [4.78, 5) is 0. The monoisotopic (exact) mass is 336 g/mol. The SMILES string of the molecule is CCC(C)c1cc(C(Cc2ccccc2)C2CCCCC2)ccc1O. The molecule has 1 fully saturated rings. The van der Waals surface area contributed by atoms with Crippen molar-refractivity contribution in [3.8, 4) is 5.75 Å². The van der Waals surface area contributed by atoms with E-state index in [1.54, 1.807) is 0 Å². The van der Waals surface area contributed by atoms with Gasteiger partial charge in [0, 0.05) is 0 Å². The van der Waals surface area contributed by atoms with Crippen molar-refractivity contribution in [1.82, 2.24) is 0 Å². The molecule has 134 valence electrons. The van der Waals surface area contributed by atoms with Gasteiger partial charge in [-0.25, -0.2) is 0 Å². The Morgan fingerprint density at radius 2 is 1.72 bits per heavy atom. The summed E-state index contributed by atoms with van der Waals surface area (Å²) in [5.41, 5.74) is 3.97. The van der Waals surface area contributed by atoms with Crippen LogP contribution in [0, 0.1) is 5.92 Å². The van der Waals surface area contributed by atoms with Crippen LogP contribution < -0.4 is 0 Å². The van der Waals surface area contributed by atoms with Crippen molar-refractivity contribution in [3.63, 3.8) is 0 Å². The first-order valence-corrected chi connectivity index (χ1v) is 10.1. The second-order valence-corrected chi connectivity index (χ2v) is 7.82. The Hall–Kier alpha value is -1.76. The van der Waals surface area contributed by atoms with Crippen LogP contribution in [0.1, 0.15) is 80.9 Å². The minimum absolute atomic E-state index is 0.406. The van der Waals surface area contributed by atoms with Gasteiger partial charge in [0.2, 0.25) is 0 Å². The van der Waals surface area contributed by atoms with E-state index >= 15 is 0 Å². The van der Waals surface area contributed by atoms with Crippen LogP contribution in [-0.4, -0.2) is 5.11 Å². The predicted octanol–water partition coefficient (Wildman–Crippen LogP) is 6.81. The first kappa shape index (κ1) is 18.0. The Bertz CT molecular complexity index is 655. The molecule has 25 heavy (non-hydrogen) atoms. The third-order valence-corrected chi connectivity index (χ3v) is 6.14. The lowest BCUT2D eigenvalue weighted by Gasteiger charge is -2.31. The van der Waals surface area contributed by atoms with Gasteiger partial charge in [0.05, 0.1) is 0 Å². The molecular formula is C24H32O. The van der Waals surface area contributed by atoms with Gasteiger partial charge in [0.1, 0.15) is 5.75 Å². The second kappa shape index (κ2) is 8.56. The maximum atomic E-state index is 10.3. The van der Waals surface area contributed by atoms with Crippen molar-refractivity contribution in [2.24, 2.45) is 5.92 Å². The average molecular weight is 337 g/mol. The molecule has 0 heterocycles. The van der Waals surface area contributed by atoms with Gasteiger partial charge in [-0.2, -0.15) is 0 Å². The minimum atomic E-state index is 0.406. The number of phenolic OH excluding ortho intramolecular Hbond substituents is 1. The molecular weight excluding hydrogens is 304 g/mol. The zero-order valence-corrected chi connectivity index (χ0v) is 15.7. The highest BCUT2D eigenvalue weighted by molar-refractivity contribution is 5.40. The van der Waals surface area contributed by atoms with Crippen LogP contribution in [0.5, 0.6) is 5.75 Å². The number of hydrogen-bond donors (Lipinski definition) is 1. The molecule has 2 aromatic rings. The number of phenols is 1. The molecule has 0 saturated heterocycles. The fourth-order valence-electron chi connectivity index (χ4n) is 4.38. The topological polar surface area (TPSA) is 20.2 Å². The summed E-state index contributed by atoms with van der Waals surface area (Å²) in [5, 5.41) is 10.3. The van der Waals surface area contributed by atoms with Gasteiger partial charge in [-0.1, -0.05) is 75.6 Å². The molecule has 0 bridgehead atoms. The molecule has 0 aromatic heterocycles. The van der Waals surface area contributed by atoms with Gasteiger partial charge in [0.25, 0.3) is 0 Å². The standard InChI is InChI=1S/C24H32O/c1-3-18(2)22-17-21(14-15-24(22)25)23(20-12-8-5-9-13-20)16-19-10-6-4-7-11-19/h4,6-7,10-11,14-15,17-18,20,23,25H,3,5,8-9,12-13,16H2,1-2H3. The van der Waals surface area contributed by atoms with Crippen molar-refractivity contribution < 1.29 is 5.11 Å². The zero-order valence-electron chi connectivity index (χ0n) is 15.7. The van der Waals surface area contributed by atoms with E-state index < -0.39 is 0 Å². The molecule has 3 rings (SSSR count). The first-order valence-electron chi connectivity index (χ1n) is 10.1. The lowest BCUT2D eigenvalue weighted by atomic mass is 9.73. The summed E-state index contributed by atoms with van der Waals surface area (Å²) in [6.45, 7) is 4.41. The lowest BCUT2D eigenvalue weighted by Crippen LogP contribution is -2.19. The van der Waals surface area contributed by atoms with Crippen LogP contribution >= 0.6 is 0 Å². The molecule has 1 aliphatic carbocycles. The molecule has 1 nitrogen and oxygen atoms in total. The smallest absolute Gasteiger partial charge is 0.119 e. The van der Waals surface area contributed by atoms with E-state index in [1.165, 1.54) is 43.2 Å². The molecule has 1 N–H and O–H groups in total. The highest BCUT2D eigenvalue weighted by atomic mass is 16.3. The first-order chi connectivity index (χ1) is 12.2. The van der Waals surface area contributed by atoms with Gasteiger partial charge in [-0.15, -0.1) is 0 Å². The van der Waals surface area contributed by atoms with E-state index in [-0.39, 0.29) is 0 Å². The van der Waals surface area contributed by atoms with Crippen LogP contribution in [0.15, 0.2) is 48.5 Å². The van der Waals surface area contributed by atoms with Crippen molar-refractivity contribution >= 4 is 0 Å². The van der Waals surface area contributed by atoms with Crippen molar-refractivity contribution in [2.75, 3.05) is 0 Å². The van der Waals surface area contributed by atoms with E-state index in [9.17, 15) is 5.11 Å². The molecule has 0 aliphatic heterocycles. The number of hydrogen-bond acceptors (Lipinski definition) is 1. The minimum Gasteiger partial charge on any atom is -0.508 e. The van der Waals surface area contributed by atoms with E-state index in [0.29, 0.717) is 17.6 Å². The molecule has 1 saturated carbocycles. The zero-order chi connectivity index (χ0) is 17.6. The van der Waals surface area contributed by atoms with Crippen LogP contribution in [0.25, 0.3) is 0 Å². The maximum Gasteiger partial charge on any atom is 0.119 e. The van der Waals surface area contributed by atoms with E-state index in [0.717, 1.165) is 24.3 Å². The quantitative estimate of drug-likeness (QED) is 0.614. The highest BCUT2D eigenvalue weighted by Gasteiger charge is 2.26. The maximum absolute atomic E-state index is 10.3. The second-order valence-electron chi connectivity index (χ2n) is 7.82. The van der Waals surface area contributed by atoms with Crippen LogP contribution in [0.3, 0.4) is 0 Å². The third kappa shape index (κ3) is 4.45. The summed E-state index contributed by atoms with van der Waals surface area (Å²) < 4.78 is 0. The Labute approximate surface area is 153 Å². The largest absolute Gasteiger partial charge is 0.508 e. The summed E-state index contributed by atoms with van der Waals surface area (Å²) in [6.07, 6.45) is 8.98. The fraction of sp³-hybridized carbons (Fsp3) is 0.500. The Morgan fingerprint density at radius 3 is 2.40 bits per heavy atom. The van der Waals surface area contributed by atoms with Crippen LogP contribution in [0.4, 0.5) is 0 Å². The van der Waals surface area contributed by atoms with E-state index in [1.807, 2.05) is 6.07 Å². The molecule has 0 amide bonds. The van der Waals surface area contributed by atoms with Gasteiger partial charge in [-0.3, -0.25) is 0 Å². The molecule has 2 aromatic carbocycles. The van der Waals surface area contributed by atoms with Gasteiger partial charge in [0.15, 0.2) is 0 Å². The normalized spacial score (nSPS) is 18.0. The van der Waals surface area contributed by atoms with Gasteiger partial charge < -0.3 is 5.11 Å². The predicted molar refractivity (Wildman–Crippen MR) is 106 cm³/mol. The molecule has 0 spiro atoms. The van der Waals surface area contributed by atoms with E-state index in [2.05, 4.69) is 56.3 Å². The molecule has 0 radical (unpaired) electrons. The highest BCUT2D eigenvalue weighted by Crippen LogP contribution is 2.40. The molecule has 1 aliphatic rings. The van der Waals surface area contributed by atoms with Gasteiger partial charge in [-0.05, 0) is 66.2 Å². The lowest BCUT2D eigenvalue weighted by molar-refractivity contribution is 0.302. The molecule has 1 heteroatoms. The summed E-state index contributed by atoms with van der Waals surface area (Å²) in [7, 11) is 0. The fourth-order valence-corrected chi connectivity index (χ4v) is 4.38. The Kier molecular flexibility index (Phi) is 6.18. The summed E-state index contributed by atoms with van der Waals surface area (Å²) >= 11 is 0. The number of benzene rings is 2. The van der Waals surface area contributed by atoms with Crippen molar-refractivity contribution in [3.05, 3.63) is 65.2 Å². The third-order valence-electron chi connectivity index (χ3n) is 6.14. The van der Waals surface area contributed by atoms with Gasteiger partial charge >= 0.3 is 0 Å². The summed E-state index contributed by atoms with van der Waals surface area (Å²) in [6, 6.07) is 17.3. The number of aromatic hydroxyl groups is 1. The van der Waals surface area contributed by atoms with Crippen LogP contribution in [0.2, 0.25) is 0 Å². The van der Waals surface area contributed by atoms with Crippen LogP contribution in [-0.2, 0) is 6.42 Å². The Balaban J connectivity index is 1.93. The molecule has 2 unspecified atom stereocenters. The van der Waals surface area contributed by atoms with Crippen molar-refractivity contribution in [2.45, 2.75) is 70.6 Å².